The molecule has 2 unspecified atom stereocenters. The second-order valence-corrected chi connectivity index (χ2v) is 7.18. The number of halogens is 1. The van der Waals surface area contributed by atoms with Gasteiger partial charge in [-0.05, 0) is 42.6 Å². The van der Waals surface area contributed by atoms with Gasteiger partial charge in [-0.1, -0.05) is 43.7 Å². The molecular weight excluding hydrogens is 308 g/mol. The fourth-order valence-electron chi connectivity index (χ4n) is 4.24. The number of benzene rings is 1. The Morgan fingerprint density at radius 3 is 2.57 bits per heavy atom. The van der Waals surface area contributed by atoms with Crippen molar-refractivity contribution >= 4 is 18.3 Å². The van der Waals surface area contributed by atoms with Gasteiger partial charge in [-0.3, -0.25) is 4.79 Å². The molecule has 0 aromatic heterocycles. The molecule has 0 bridgehead atoms. The Kier molecular flexibility index (Phi) is 6.49. The third-order valence-corrected chi connectivity index (χ3v) is 5.64. The summed E-state index contributed by atoms with van der Waals surface area (Å²) < 4.78 is 0. The van der Waals surface area contributed by atoms with E-state index >= 15 is 0 Å². The summed E-state index contributed by atoms with van der Waals surface area (Å²) in [5.74, 6) is 1.84. The van der Waals surface area contributed by atoms with E-state index in [4.69, 9.17) is 5.73 Å². The van der Waals surface area contributed by atoms with Crippen LogP contribution in [0, 0.1) is 11.8 Å². The van der Waals surface area contributed by atoms with Crippen molar-refractivity contribution in [2.45, 2.75) is 51.0 Å². The van der Waals surface area contributed by atoms with E-state index in [0.29, 0.717) is 30.1 Å². The van der Waals surface area contributed by atoms with Gasteiger partial charge >= 0.3 is 0 Å². The normalized spacial score (nSPS) is 30.8. The van der Waals surface area contributed by atoms with Gasteiger partial charge < -0.3 is 10.6 Å². The van der Waals surface area contributed by atoms with Gasteiger partial charge in [-0.15, -0.1) is 12.4 Å². The maximum Gasteiger partial charge on any atom is 0.222 e. The van der Waals surface area contributed by atoms with Crippen LogP contribution in [0.1, 0.15) is 50.5 Å². The largest absolute Gasteiger partial charge is 0.342 e. The van der Waals surface area contributed by atoms with Crippen LogP contribution in [0.4, 0.5) is 0 Å². The average molecular weight is 337 g/mol. The van der Waals surface area contributed by atoms with Gasteiger partial charge in [0.25, 0.3) is 0 Å². The molecule has 1 aromatic rings. The van der Waals surface area contributed by atoms with Crippen LogP contribution < -0.4 is 5.73 Å². The molecule has 2 fully saturated rings. The van der Waals surface area contributed by atoms with Crippen molar-refractivity contribution in [1.82, 2.24) is 4.90 Å². The predicted molar refractivity (Wildman–Crippen MR) is 96.7 cm³/mol. The molecule has 1 saturated heterocycles. The first-order chi connectivity index (χ1) is 10.6. The summed E-state index contributed by atoms with van der Waals surface area (Å²) in [6, 6.07) is 11.0. The Hall–Kier alpha value is -1.06. The lowest BCUT2D eigenvalue weighted by molar-refractivity contribution is -0.134. The Morgan fingerprint density at radius 1 is 1.22 bits per heavy atom. The Labute approximate surface area is 146 Å². The van der Waals surface area contributed by atoms with Gasteiger partial charge in [0, 0.05) is 25.6 Å². The van der Waals surface area contributed by atoms with Gasteiger partial charge in [0.15, 0.2) is 0 Å². The Balaban J connectivity index is 0.00000192. The highest BCUT2D eigenvalue weighted by Crippen LogP contribution is 2.34. The van der Waals surface area contributed by atoms with Crippen molar-refractivity contribution < 1.29 is 4.79 Å². The summed E-state index contributed by atoms with van der Waals surface area (Å²) in [6.07, 6.45) is 5.14. The van der Waals surface area contributed by atoms with Crippen LogP contribution in [0.25, 0.3) is 0 Å². The van der Waals surface area contributed by atoms with Crippen LogP contribution in [-0.2, 0) is 4.79 Å². The molecule has 1 aliphatic heterocycles. The van der Waals surface area contributed by atoms with Crippen LogP contribution in [0.5, 0.6) is 0 Å². The van der Waals surface area contributed by atoms with Gasteiger partial charge in [-0.2, -0.15) is 0 Å². The Morgan fingerprint density at radius 2 is 1.96 bits per heavy atom. The van der Waals surface area contributed by atoms with Crippen molar-refractivity contribution in [3.63, 3.8) is 0 Å². The number of carbonyl (C=O) groups is 1. The predicted octanol–water partition coefficient (Wildman–Crippen LogP) is 3.58. The zero-order chi connectivity index (χ0) is 15.5. The Bertz CT molecular complexity index is 507. The minimum atomic E-state index is 0. The zero-order valence-electron chi connectivity index (χ0n) is 14.0. The zero-order valence-corrected chi connectivity index (χ0v) is 14.8. The molecule has 3 rings (SSSR count). The monoisotopic (exact) mass is 336 g/mol. The lowest BCUT2D eigenvalue weighted by atomic mass is 9.81. The fourth-order valence-corrected chi connectivity index (χ4v) is 4.24. The summed E-state index contributed by atoms with van der Waals surface area (Å²) in [7, 11) is 0. The lowest BCUT2D eigenvalue weighted by Gasteiger charge is -2.38. The van der Waals surface area contributed by atoms with E-state index in [1.807, 2.05) is 0 Å². The van der Waals surface area contributed by atoms with E-state index in [0.717, 1.165) is 32.4 Å². The second kappa shape index (κ2) is 8.16. The summed E-state index contributed by atoms with van der Waals surface area (Å²) >= 11 is 0. The summed E-state index contributed by atoms with van der Waals surface area (Å²) in [5.41, 5.74) is 7.53. The van der Waals surface area contributed by atoms with Crippen LogP contribution in [0.3, 0.4) is 0 Å². The molecule has 0 spiro atoms. The number of hydrogen-bond donors (Lipinski definition) is 1. The summed E-state index contributed by atoms with van der Waals surface area (Å²) in [4.78, 5) is 14.6. The highest BCUT2D eigenvalue weighted by Gasteiger charge is 2.32. The van der Waals surface area contributed by atoms with E-state index in [2.05, 4.69) is 42.2 Å². The standard InChI is InChI=1S/C19H28N2O.ClH/c1-14-13-21(19(22)12-16-8-5-9-18(16)20)11-10-17(14)15-6-3-2-4-7-15;/h2-4,6-7,14,16-18H,5,8-13,20H2,1H3;1H/t14?,16-,17?,18+;/m0./s1. The highest BCUT2D eigenvalue weighted by molar-refractivity contribution is 5.85. The number of nitrogens with two attached hydrogens (primary N) is 1. The maximum absolute atomic E-state index is 12.6. The summed E-state index contributed by atoms with van der Waals surface area (Å²) in [6.45, 7) is 4.06. The molecule has 128 valence electrons. The van der Waals surface area contributed by atoms with E-state index in [1.54, 1.807) is 0 Å². The number of hydrogen-bond acceptors (Lipinski definition) is 2. The molecule has 1 aliphatic carbocycles. The van der Waals surface area contributed by atoms with E-state index in [9.17, 15) is 4.79 Å². The number of amides is 1. The van der Waals surface area contributed by atoms with Crippen molar-refractivity contribution in [3.05, 3.63) is 35.9 Å². The molecule has 1 amide bonds. The molecule has 3 nitrogen and oxygen atoms in total. The lowest BCUT2D eigenvalue weighted by Crippen LogP contribution is -2.43. The van der Waals surface area contributed by atoms with Crippen LogP contribution in [0.15, 0.2) is 30.3 Å². The SMILES string of the molecule is CC1CN(C(=O)C[C@@H]2CCC[C@H]2N)CCC1c1ccccc1.Cl. The molecule has 1 aromatic carbocycles. The number of rotatable bonds is 3. The molecular formula is C19H29ClN2O. The van der Waals surface area contributed by atoms with Crippen LogP contribution >= 0.6 is 12.4 Å². The van der Waals surface area contributed by atoms with Gasteiger partial charge in [0.05, 0.1) is 0 Å². The fraction of sp³-hybridized carbons (Fsp3) is 0.632. The first kappa shape index (κ1) is 18.3. The topological polar surface area (TPSA) is 46.3 Å². The van der Waals surface area contributed by atoms with Gasteiger partial charge in [0.1, 0.15) is 0 Å². The molecule has 2 aliphatic rings. The highest BCUT2D eigenvalue weighted by atomic mass is 35.5. The number of likely N-dealkylation sites (tertiary alicyclic amines) is 1. The van der Waals surface area contributed by atoms with Gasteiger partial charge in [-0.25, -0.2) is 0 Å². The molecule has 1 saturated carbocycles. The molecule has 4 atom stereocenters. The quantitative estimate of drug-likeness (QED) is 0.917. The third kappa shape index (κ3) is 4.27. The minimum Gasteiger partial charge on any atom is -0.342 e. The van der Waals surface area contributed by atoms with E-state index in [1.165, 1.54) is 12.0 Å². The van der Waals surface area contributed by atoms with Crippen LogP contribution in [0.2, 0.25) is 0 Å². The van der Waals surface area contributed by atoms with Gasteiger partial charge in [0.2, 0.25) is 5.91 Å². The first-order valence-corrected chi connectivity index (χ1v) is 8.73. The molecule has 23 heavy (non-hydrogen) atoms. The molecule has 1 heterocycles. The van der Waals surface area contributed by atoms with Crippen molar-refractivity contribution in [2.75, 3.05) is 13.1 Å². The smallest absolute Gasteiger partial charge is 0.222 e. The molecule has 0 radical (unpaired) electrons. The molecule has 4 heteroatoms. The van der Waals surface area contributed by atoms with E-state index < -0.39 is 0 Å². The summed E-state index contributed by atoms with van der Waals surface area (Å²) in [5, 5.41) is 0. The third-order valence-electron chi connectivity index (χ3n) is 5.64. The number of piperidine rings is 1. The van der Waals surface area contributed by atoms with Crippen molar-refractivity contribution in [3.8, 4) is 0 Å². The number of carbonyl (C=O) groups excluding carboxylic acids is 1. The molecule has 2 N–H and O–H groups in total. The second-order valence-electron chi connectivity index (χ2n) is 7.18. The van der Waals surface area contributed by atoms with E-state index in [-0.39, 0.29) is 18.4 Å². The van der Waals surface area contributed by atoms with Crippen molar-refractivity contribution in [1.29, 1.82) is 0 Å². The maximum atomic E-state index is 12.6. The van der Waals surface area contributed by atoms with Crippen molar-refractivity contribution in [2.24, 2.45) is 17.6 Å². The first-order valence-electron chi connectivity index (χ1n) is 8.73. The average Bonchev–Trinajstić information content (AvgIpc) is 2.93. The number of nitrogens with zero attached hydrogens (tertiary/aromatic N) is 1. The minimum absolute atomic E-state index is 0. The van der Waals surface area contributed by atoms with Crippen LogP contribution in [-0.4, -0.2) is 29.9 Å².